The first kappa shape index (κ1) is 17.2. The fraction of sp³-hybridized carbons (Fsp3) is 0.381. The SMILES string of the molecule is Oc1cc(-n2ccnc2)ccc1-c1ccc(O[C@H]2C[C@@H]3CC[C@@H](C3)[C@H]2F)nn1. The summed E-state index contributed by atoms with van der Waals surface area (Å²) >= 11 is 0. The van der Waals surface area contributed by atoms with Crippen LogP contribution in [-0.2, 0) is 0 Å². The summed E-state index contributed by atoms with van der Waals surface area (Å²) in [6.07, 6.45) is 7.57. The first-order chi connectivity index (χ1) is 13.7. The maximum Gasteiger partial charge on any atom is 0.233 e. The number of phenols is 1. The summed E-state index contributed by atoms with van der Waals surface area (Å²) in [4.78, 5) is 4.00. The summed E-state index contributed by atoms with van der Waals surface area (Å²) in [7, 11) is 0. The van der Waals surface area contributed by atoms with Crippen molar-refractivity contribution in [3.8, 4) is 28.6 Å². The number of aromatic nitrogens is 4. The minimum Gasteiger partial charge on any atom is -0.507 e. The summed E-state index contributed by atoms with van der Waals surface area (Å²) < 4.78 is 22.2. The highest BCUT2D eigenvalue weighted by molar-refractivity contribution is 5.68. The second kappa shape index (κ2) is 6.89. The van der Waals surface area contributed by atoms with Gasteiger partial charge in [-0.3, -0.25) is 0 Å². The minimum atomic E-state index is -0.931. The first-order valence-corrected chi connectivity index (χ1v) is 9.63. The molecule has 2 fully saturated rings. The number of halogens is 1. The van der Waals surface area contributed by atoms with Crippen molar-refractivity contribution in [3.05, 3.63) is 49.1 Å². The fourth-order valence-corrected chi connectivity index (χ4v) is 4.48. The Morgan fingerprint density at radius 3 is 2.79 bits per heavy atom. The van der Waals surface area contributed by atoms with Gasteiger partial charge in [0.1, 0.15) is 18.0 Å². The van der Waals surface area contributed by atoms with E-state index in [0.717, 1.165) is 31.4 Å². The quantitative estimate of drug-likeness (QED) is 0.742. The monoisotopic (exact) mass is 380 g/mol. The van der Waals surface area contributed by atoms with Gasteiger partial charge in [0, 0.05) is 30.1 Å². The molecule has 5 rings (SSSR count). The van der Waals surface area contributed by atoms with E-state index in [9.17, 15) is 9.50 Å². The molecule has 2 aliphatic carbocycles. The predicted molar refractivity (Wildman–Crippen MR) is 101 cm³/mol. The first-order valence-electron chi connectivity index (χ1n) is 9.63. The van der Waals surface area contributed by atoms with Gasteiger partial charge in [-0.15, -0.1) is 10.2 Å². The van der Waals surface area contributed by atoms with Crippen LogP contribution in [0.4, 0.5) is 4.39 Å². The van der Waals surface area contributed by atoms with Crippen molar-refractivity contribution in [3.63, 3.8) is 0 Å². The van der Waals surface area contributed by atoms with E-state index in [1.807, 2.05) is 6.07 Å². The molecule has 0 radical (unpaired) electrons. The van der Waals surface area contributed by atoms with Gasteiger partial charge in [0.05, 0.1) is 17.7 Å². The number of alkyl halides is 1. The molecule has 1 N–H and O–H groups in total. The largest absolute Gasteiger partial charge is 0.507 e. The summed E-state index contributed by atoms with van der Waals surface area (Å²) in [6, 6.07) is 8.72. The Labute approximate surface area is 162 Å². The normalized spacial score (nSPS) is 26.3. The van der Waals surface area contributed by atoms with Crippen molar-refractivity contribution in [2.75, 3.05) is 0 Å². The van der Waals surface area contributed by atoms with Gasteiger partial charge in [-0.2, -0.15) is 0 Å². The minimum absolute atomic E-state index is 0.0989. The standard InChI is InChI=1S/C21H21FN4O2/c22-21-14-2-1-13(9-14)10-19(21)28-20-6-5-17(24-25-20)16-4-3-15(11-18(16)27)26-8-7-23-12-26/h3-8,11-14,19,21,27H,1-2,9-10H2/t13-,14+,19+,21-/m1/s1. The van der Waals surface area contributed by atoms with E-state index in [1.165, 1.54) is 0 Å². The molecule has 4 atom stereocenters. The van der Waals surface area contributed by atoms with Crippen molar-refractivity contribution in [2.45, 2.75) is 38.0 Å². The molecular formula is C21H21FN4O2. The van der Waals surface area contributed by atoms with Crippen molar-refractivity contribution >= 4 is 0 Å². The van der Waals surface area contributed by atoms with Gasteiger partial charge in [0.25, 0.3) is 0 Å². The van der Waals surface area contributed by atoms with Crippen molar-refractivity contribution < 1.29 is 14.2 Å². The second-order valence-electron chi connectivity index (χ2n) is 7.70. The number of rotatable bonds is 4. The highest BCUT2D eigenvalue weighted by Gasteiger charge is 2.43. The topological polar surface area (TPSA) is 73.1 Å². The number of fused-ring (bicyclic) bond motifs is 2. The third-order valence-electron chi connectivity index (χ3n) is 5.92. The third-order valence-corrected chi connectivity index (χ3v) is 5.92. The van der Waals surface area contributed by atoms with E-state index in [4.69, 9.17) is 4.74 Å². The van der Waals surface area contributed by atoms with Gasteiger partial charge in [-0.25, -0.2) is 9.37 Å². The van der Waals surface area contributed by atoms with Crippen molar-refractivity contribution in [1.29, 1.82) is 0 Å². The van der Waals surface area contributed by atoms with Crippen LogP contribution in [0.25, 0.3) is 16.9 Å². The zero-order valence-electron chi connectivity index (χ0n) is 15.3. The molecule has 2 aromatic heterocycles. The maximum atomic E-state index is 14.6. The second-order valence-corrected chi connectivity index (χ2v) is 7.70. The Morgan fingerprint density at radius 1 is 1.11 bits per heavy atom. The predicted octanol–water partition coefficient (Wildman–Crippen LogP) is 3.94. The lowest BCUT2D eigenvalue weighted by atomic mass is 9.85. The Bertz CT molecular complexity index is 961. The molecule has 0 spiro atoms. The zero-order chi connectivity index (χ0) is 19.1. The van der Waals surface area contributed by atoms with E-state index in [1.54, 1.807) is 47.6 Å². The molecule has 0 saturated heterocycles. The molecule has 7 heteroatoms. The number of aromatic hydroxyl groups is 1. The van der Waals surface area contributed by atoms with Crippen LogP contribution in [0.15, 0.2) is 49.1 Å². The highest BCUT2D eigenvalue weighted by Crippen LogP contribution is 2.44. The number of imidazole rings is 1. The summed E-state index contributed by atoms with van der Waals surface area (Å²) in [5.41, 5.74) is 1.90. The zero-order valence-corrected chi connectivity index (χ0v) is 15.3. The summed E-state index contributed by atoms with van der Waals surface area (Å²) in [5.74, 6) is 1.12. The van der Waals surface area contributed by atoms with E-state index in [2.05, 4.69) is 15.2 Å². The molecule has 1 aromatic carbocycles. The van der Waals surface area contributed by atoms with Crippen LogP contribution in [-0.4, -0.2) is 37.1 Å². The van der Waals surface area contributed by atoms with Gasteiger partial charge in [0.15, 0.2) is 0 Å². The maximum absolute atomic E-state index is 14.6. The number of hydrogen-bond acceptors (Lipinski definition) is 5. The molecule has 2 aliphatic rings. The summed E-state index contributed by atoms with van der Waals surface area (Å²) in [5, 5.41) is 18.7. The van der Waals surface area contributed by atoms with Gasteiger partial charge in [-0.05, 0) is 55.7 Å². The van der Waals surface area contributed by atoms with E-state index >= 15 is 0 Å². The Balaban J connectivity index is 1.32. The number of ether oxygens (including phenoxy) is 1. The number of hydrogen-bond donors (Lipinski definition) is 1. The molecule has 3 aromatic rings. The van der Waals surface area contributed by atoms with Crippen LogP contribution in [0.3, 0.4) is 0 Å². The van der Waals surface area contributed by atoms with Crippen LogP contribution >= 0.6 is 0 Å². The molecular weight excluding hydrogens is 359 g/mol. The van der Waals surface area contributed by atoms with Crippen molar-refractivity contribution in [1.82, 2.24) is 19.7 Å². The van der Waals surface area contributed by atoms with E-state index in [0.29, 0.717) is 23.1 Å². The average molecular weight is 380 g/mol. The van der Waals surface area contributed by atoms with Crippen LogP contribution < -0.4 is 4.74 Å². The molecule has 0 amide bonds. The van der Waals surface area contributed by atoms with Crippen LogP contribution in [0, 0.1) is 11.8 Å². The lowest BCUT2D eigenvalue weighted by Crippen LogP contribution is -2.38. The molecule has 144 valence electrons. The van der Waals surface area contributed by atoms with Crippen LogP contribution in [0.5, 0.6) is 11.6 Å². The third kappa shape index (κ3) is 3.10. The number of nitrogens with zero attached hydrogens (tertiary/aromatic N) is 4. The Hall–Kier alpha value is -2.96. The van der Waals surface area contributed by atoms with Crippen LogP contribution in [0.2, 0.25) is 0 Å². The highest BCUT2D eigenvalue weighted by atomic mass is 19.1. The van der Waals surface area contributed by atoms with Gasteiger partial charge in [-0.1, -0.05) is 0 Å². The van der Waals surface area contributed by atoms with Gasteiger partial charge < -0.3 is 14.4 Å². The lowest BCUT2D eigenvalue weighted by Gasteiger charge is -2.31. The van der Waals surface area contributed by atoms with Crippen molar-refractivity contribution in [2.24, 2.45) is 11.8 Å². The molecule has 2 heterocycles. The molecule has 6 nitrogen and oxygen atoms in total. The molecule has 0 unspecified atom stereocenters. The Kier molecular flexibility index (Phi) is 4.22. The van der Waals surface area contributed by atoms with Crippen LogP contribution in [0.1, 0.15) is 25.7 Å². The smallest absolute Gasteiger partial charge is 0.233 e. The lowest BCUT2D eigenvalue weighted by molar-refractivity contribution is 0.0223. The Morgan fingerprint density at radius 2 is 2.04 bits per heavy atom. The average Bonchev–Trinajstić information content (AvgIpc) is 3.37. The summed E-state index contributed by atoms with van der Waals surface area (Å²) in [6.45, 7) is 0. The number of benzene rings is 1. The van der Waals surface area contributed by atoms with Gasteiger partial charge in [0.2, 0.25) is 5.88 Å². The van der Waals surface area contributed by atoms with Gasteiger partial charge >= 0.3 is 0 Å². The fourth-order valence-electron chi connectivity index (χ4n) is 4.48. The molecule has 2 saturated carbocycles. The molecule has 2 bridgehead atoms. The van der Waals surface area contributed by atoms with E-state index in [-0.39, 0.29) is 11.7 Å². The number of phenolic OH excluding ortho intramolecular Hbond substituents is 1. The molecule has 0 aliphatic heterocycles. The molecule has 28 heavy (non-hydrogen) atoms. The van der Waals surface area contributed by atoms with E-state index < -0.39 is 12.3 Å².